The summed E-state index contributed by atoms with van der Waals surface area (Å²) in [4.78, 5) is 67.4. The lowest BCUT2D eigenvalue weighted by atomic mass is 9.86. The SMILES string of the molecule is C/C=C/c1ccc2n(c1=O)C[C@H]1[C@H](CO)[C@@H](C(=O)N[C@@H](C)c3ccccc3)[C@@H]2N1Cc1cccnc1.C/C=C\c1ccc2n(c1=O)C[C@H]1[C@H](CO)[C@@H](C(=O)N[C@@H](C)c3ccccc3)[C@@H]2N1Cc1cccnc1. The standard InChI is InChI=1S/2C29H32N4O3/c2*1-3-8-22-12-13-24-27-26(28(35)31-19(2)21-10-5-4-6-11-21)23(18-34)25(17-33(24)29(22)36)32(27)16-20-9-7-14-30-15-20/h2*3-15,19,23,25-27,34H,16-18H2,1-2H3,(H,31,35)/b8-3+;8-3-/t2*19-,23-,25-,26+,27+/m00/s1. The molecule has 72 heavy (non-hydrogen) atoms. The molecule has 10 rings (SSSR count). The van der Waals surface area contributed by atoms with E-state index in [0.717, 1.165) is 33.6 Å². The number of benzene rings is 2. The number of aromatic nitrogens is 4. The fourth-order valence-corrected chi connectivity index (χ4v) is 11.8. The van der Waals surface area contributed by atoms with Crippen molar-refractivity contribution in [1.29, 1.82) is 0 Å². The van der Waals surface area contributed by atoms with Crippen molar-refractivity contribution in [3.05, 3.63) is 212 Å². The van der Waals surface area contributed by atoms with Crippen LogP contribution in [0.25, 0.3) is 12.2 Å². The highest BCUT2D eigenvalue weighted by atomic mass is 16.3. The van der Waals surface area contributed by atoms with Crippen LogP contribution in [-0.2, 0) is 35.8 Å². The van der Waals surface area contributed by atoms with E-state index in [2.05, 4.69) is 30.4 Å². The molecule has 2 amide bonds. The number of nitrogens with zero attached hydrogens (tertiary/aromatic N) is 6. The van der Waals surface area contributed by atoms with Crippen molar-refractivity contribution >= 4 is 24.0 Å². The summed E-state index contributed by atoms with van der Waals surface area (Å²) in [6.45, 7) is 9.48. The minimum absolute atomic E-state index is 0.0583. The largest absolute Gasteiger partial charge is 0.396 e. The quantitative estimate of drug-likeness (QED) is 0.0928. The van der Waals surface area contributed by atoms with E-state index in [1.54, 1.807) is 21.5 Å². The Morgan fingerprint density at radius 3 is 1.35 bits per heavy atom. The summed E-state index contributed by atoms with van der Waals surface area (Å²) >= 11 is 0. The number of aliphatic hydroxyl groups is 2. The Morgan fingerprint density at radius 2 is 1.00 bits per heavy atom. The Bertz CT molecular complexity index is 2810. The molecule has 10 atom stereocenters. The Balaban J connectivity index is 0.000000178. The van der Waals surface area contributed by atoms with Crippen molar-refractivity contribution in [1.82, 2.24) is 39.5 Å². The summed E-state index contributed by atoms with van der Waals surface area (Å²) in [7, 11) is 0. The molecule has 2 saturated heterocycles. The van der Waals surface area contributed by atoms with Crippen molar-refractivity contribution in [2.45, 2.75) is 90.1 Å². The summed E-state index contributed by atoms with van der Waals surface area (Å²) in [5.41, 5.74) is 6.87. The normalized spacial score (nSPS) is 24.0. The highest BCUT2D eigenvalue weighted by molar-refractivity contribution is 5.82. The van der Waals surface area contributed by atoms with Crippen LogP contribution in [0.4, 0.5) is 0 Å². The van der Waals surface area contributed by atoms with Gasteiger partial charge >= 0.3 is 0 Å². The monoisotopic (exact) mass is 968 g/mol. The highest BCUT2D eigenvalue weighted by Gasteiger charge is 2.57. The van der Waals surface area contributed by atoms with Gasteiger partial charge in [0.25, 0.3) is 11.1 Å². The fourth-order valence-electron chi connectivity index (χ4n) is 11.8. The van der Waals surface area contributed by atoms with Crippen LogP contribution in [0.2, 0.25) is 0 Å². The third-order valence-corrected chi connectivity index (χ3v) is 15.2. The highest BCUT2D eigenvalue weighted by Crippen LogP contribution is 2.50. The average molecular weight is 969 g/mol. The van der Waals surface area contributed by atoms with Crippen LogP contribution in [0, 0.1) is 23.7 Å². The van der Waals surface area contributed by atoms with Gasteiger partial charge in [0.15, 0.2) is 0 Å². The number of rotatable bonds is 14. The summed E-state index contributed by atoms with van der Waals surface area (Å²) in [5, 5.41) is 27.5. The maximum Gasteiger partial charge on any atom is 0.258 e. The molecule has 8 heterocycles. The number of fused-ring (bicyclic) bond motifs is 8. The summed E-state index contributed by atoms with van der Waals surface area (Å²) < 4.78 is 3.61. The lowest BCUT2D eigenvalue weighted by Gasteiger charge is -2.38. The first-order valence-electron chi connectivity index (χ1n) is 25.0. The first kappa shape index (κ1) is 49.9. The molecular weight excluding hydrogens is 905 g/mol. The van der Waals surface area contributed by atoms with Gasteiger partial charge in [-0.3, -0.25) is 38.9 Å². The lowest BCUT2D eigenvalue weighted by Crippen LogP contribution is -2.46. The van der Waals surface area contributed by atoms with E-state index in [1.165, 1.54) is 0 Å². The average Bonchev–Trinajstić information content (AvgIpc) is 3.74. The maximum atomic E-state index is 13.8. The van der Waals surface area contributed by atoms with Crippen LogP contribution < -0.4 is 21.8 Å². The Kier molecular flexibility index (Phi) is 15.3. The number of nitrogens with one attached hydrogen (secondary N) is 2. The molecule has 4 bridgehead atoms. The van der Waals surface area contributed by atoms with E-state index in [-0.39, 0.29) is 84.2 Å². The van der Waals surface area contributed by atoms with Crippen molar-refractivity contribution in [2.24, 2.45) is 23.7 Å². The Morgan fingerprint density at radius 1 is 0.597 bits per heavy atom. The first-order valence-corrected chi connectivity index (χ1v) is 25.0. The molecule has 4 N–H and O–H groups in total. The lowest BCUT2D eigenvalue weighted by molar-refractivity contribution is -0.129. The van der Waals surface area contributed by atoms with Gasteiger partial charge in [0.1, 0.15) is 0 Å². The van der Waals surface area contributed by atoms with E-state index in [4.69, 9.17) is 0 Å². The zero-order valence-corrected chi connectivity index (χ0v) is 41.2. The first-order chi connectivity index (χ1) is 35.1. The van der Waals surface area contributed by atoms with Gasteiger partial charge in [0, 0.05) is 111 Å². The third-order valence-electron chi connectivity index (χ3n) is 15.2. The third kappa shape index (κ3) is 9.79. The van der Waals surface area contributed by atoms with Gasteiger partial charge in [-0.15, -0.1) is 0 Å². The molecule has 2 aromatic carbocycles. The Hall–Kier alpha value is -7.10. The number of pyridine rings is 4. The smallest absolute Gasteiger partial charge is 0.258 e. The maximum absolute atomic E-state index is 13.8. The molecule has 14 heteroatoms. The van der Waals surface area contributed by atoms with Crippen molar-refractivity contribution in [3.63, 3.8) is 0 Å². The van der Waals surface area contributed by atoms with E-state index in [9.17, 15) is 29.4 Å². The zero-order valence-electron chi connectivity index (χ0n) is 41.2. The molecule has 372 valence electrons. The second-order valence-corrected chi connectivity index (χ2v) is 19.4. The van der Waals surface area contributed by atoms with Crippen LogP contribution >= 0.6 is 0 Å². The molecular formula is C58H64N8O6. The van der Waals surface area contributed by atoms with Gasteiger partial charge < -0.3 is 30.0 Å². The second kappa shape index (κ2) is 22.1. The predicted molar refractivity (Wildman–Crippen MR) is 278 cm³/mol. The molecule has 0 spiro atoms. The number of carbonyl (C=O) groups excluding carboxylic acids is 2. The van der Waals surface area contributed by atoms with Gasteiger partial charge in [0.2, 0.25) is 11.8 Å². The molecule has 4 aromatic heterocycles. The molecule has 4 aliphatic rings. The number of carbonyl (C=O) groups is 2. The van der Waals surface area contributed by atoms with Gasteiger partial charge in [-0.2, -0.15) is 0 Å². The topological polar surface area (TPSA) is 175 Å². The molecule has 0 aliphatic carbocycles. The van der Waals surface area contributed by atoms with E-state index >= 15 is 0 Å². The van der Waals surface area contributed by atoms with Crippen LogP contribution in [0.3, 0.4) is 0 Å². The van der Waals surface area contributed by atoms with E-state index < -0.39 is 11.8 Å². The van der Waals surface area contributed by atoms with Crippen LogP contribution in [0.15, 0.2) is 156 Å². The number of allylic oxidation sites excluding steroid dienone is 2. The molecule has 0 unspecified atom stereocenters. The van der Waals surface area contributed by atoms with Crippen LogP contribution in [0.5, 0.6) is 0 Å². The minimum Gasteiger partial charge on any atom is -0.396 e. The van der Waals surface area contributed by atoms with Crippen LogP contribution in [0.1, 0.15) is 96.6 Å². The molecule has 4 aliphatic heterocycles. The minimum atomic E-state index is -0.497. The molecule has 14 nitrogen and oxygen atoms in total. The molecule has 0 radical (unpaired) electrons. The van der Waals surface area contributed by atoms with E-state index in [1.807, 2.05) is 174 Å². The molecule has 6 aromatic rings. The number of aliphatic hydroxyl groups excluding tert-OH is 2. The zero-order chi connectivity index (χ0) is 50.5. The van der Waals surface area contributed by atoms with Gasteiger partial charge in [-0.05, 0) is 86.3 Å². The number of hydrogen-bond acceptors (Lipinski definition) is 10. The van der Waals surface area contributed by atoms with Gasteiger partial charge in [-0.1, -0.05) is 97.1 Å². The molecule has 0 saturated carbocycles. The second-order valence-electron chi connectivity index (χ2n) is 19.4. The van der Waals surface area contributed by atoms with Gasteiger partial charge in [-0.25, -0.2) is 0 Å². The van der Waals surface area contributed by atoms with Gasteiger partial charge in [0.05, 0.1) is 36.0 Å². The summed E-state index contributed by atoms with van der Waals surface area (Å²) in [6, 6.07) is 33.8. The molecule has 2 fully saturated rings. The van der Waals surface area contributed by atoms with E-state index in [0.29, 0.717) is 37.3 Å². The summed E-state index contributed by atoms with van der Waals surface area (Å²) in [6.07, 6.45) is 14.5. The number of hydrogen-bond donors (Lipinski definition) is 4. The number of amides is 2. The predicted octanol–water partition coefficient (Wildman–Crippen LogP) is 6.64. The summed E-state index contributed by atoms with van der Waals surface area (Å²) in [5.74, 6) is -1.81. The van der Waals surface area contributed by atoms with Crippen LogP contribution in [-0.4, -0.2) is 76.2 Å². The Labute approximate surface area is 420 Å². The fraction of sp³-hybridized carbons (Fsp3) is 0.345. The van der Waals surface area contributed by atoms with Crippen molar-refractivity contribution < 1.29 is 19.8 Å². The van der Waals surface area contributed by atoms with Crippen molar-refractivity contribution in [2.75, 3.05) is 13.2 Å². The van der Waals surface area contributed by atoms with Crippen molar-refractivity contribution in [3.8, 4) is 0 Å².